The highest BCUT2D eigenvalue weighted by atomic mass is 16.6. The van der Waals surface area contributed by atoms with Crippen molar-refractivity contribution in [3.05, 3.63) is 66.2 Å². The van der Waals surface area contributed by atoms with Crippen LogP contribution in [0.5, 0.6) is 5.75 Å². The van der Waals surface area contributed by atoms with Crippen LogP contribution in [0.25, 0.3) is 22.2 Å². The first-order chi connectivity index (χ1) is 18.5. The molecular weight excluding hydrogens is 478 g/mol. The highest BCUT2D eigenvalue weighted by Gasteiger charge is 2.28. The number of carbonyl (C=O) groups excluding carboxylic acids is 1. The average Bonchev–Trinajstić information content (AvgIpc) is 3.45. The van der Waals surface area contributed by atoms with Crippen molar-refractivity contribution in [1.82, 2.24) is 14.1 Å². The Labute approximate surface area is 222 Å². The predicted molar refractivity (Wildman–Crippen MR) is 147 cm³/mol. The number of imidazole rings is 1. The molecule has 0 aliphatic heterocycles. The summed E-state index contributed by atoms with van der Waals surface area (Å²) in [6.45, 7) is 7.13. The van der Waals surface area contributed by atoms with Crippen LogP contribution >= 0.6 is 0 Å². The quantitative estimate of drug-likeness (QED) is 0.270. The Morgan fingerprint density at radius 1 is 1.21 bits per heavy atom. The van der Waals surface area contributed by atoms with Crippen molar-refractivity contribution < 1.29 is 14.3 Å². The first-order valence-corrected chi connectivity index (χ1v) is 13.3. The SMILES string of the molecule is CCn1ccnc1CCOc1ccc2c(C#N)c(-c3ccc(NC(=O)OC(C)C)cc3)n(C3CCC3)c2c1. The van der Waals surface area contributed by atoms with Gasteiger partial charge in [0.25, 0.3) is 0 Å². The molecule has 5 rings (SSSR count). The second-order valence-corrected chi connectivity index (χ2v) is 9.85. The van der Waals surface area contributed by atoms with Gasteiger partial charge in [0.15, 0.2) is 0 Å². The molecular formula is C30H33N5O3. The van der Waals surface area contributed by atoms with Crippen molar-refractivity contribution >= 4 is 22.7 Å². The summed E-state index contributed by atoms with van der Waals surface area (Å²) in [6.07, 6.45) is 7.17. The number of aromatic nitrogens is 3. The van der Waals surface area contributed by atoms with Gasteiger partial charge >= 0.3 is 6.09 Å². The van der Waals surface area contributed by atoms with Crippen LogP contribution in [-0.4, -0.2) is 32.9 Å². The first-order valence-electron chi connectivity index (χ1n) is 13.3. The van der Waals surface area contributed by atoms with Gasteiger partial charge in [0.1, 0.15) is 17.6 Å². The number of anilines is 1. The molecule has 0 saturated heterocycles. The Kier molecular flexibility index (Phi) is 7.36. The van der Waals surface area contributed by atoms with E-state index in [9.17, 15) is 10.1 Å². The number of benzene rings is 2. The second kappa shape index (κ2) is 11.0. The van der Waals surface area contributed by atoms with E-state index in [4.69, 9.17) is 9.47 Å². The second-order valence-electron chi connectivity index (χ2n) is 9.85. The lowest BCUT2D eigenvalue weighted by Crippen LogP contribution is -2.18. The van der Waals surface area contributed by atoms with Crippen LogP contribution in [0, 0.1) is 11.3 Å². The lowest BCUT2D eigenvalue weighted by molar-refractivity contribution is 0.130. The Balaban J connectivity index is 1.45. The predicted octanol–water partition coefficient (Wildman–Crippen LogP) is 6.70. The molecule has 38 heavy (non-hydrogen) atoms. The van der Waals surface area contributed by atoms with Crippen LogP contribution in [-0.2, 0) is 17.7 Å². The van der Waals surface area contributed by atoms with Gasteiger partial charge in [-0.3, -0.25) is 5.32 Å². The van der Waals surface area contributed by atoms with Crippen molar-refractivity contribution in [2.24, 2.45) is 0 Å². The lowest BCUT2D eigenvalue weighted by Gasteiger charge is -2.30. The molecule has 196 valence electrons. The number of hydrogen-bond donors (Lipinski definition) is 1. The zero-order chi connectivity index (χ0) is 26.6. The van der Waals surface area contributed by atoms with Crippen molar-refractivity contribution in [2.75, 3.05) is 11.9 Å². The van der Waals surface area contributed by atoms with E-state index < -0.39 is 6.09 Å². The molecule has 1 saturated carbocycles. The molecule has 0 bridgehead atoms. The first kappa shape index (κ1) is 25.4. The van der Waals surface area contributed by atoms with Crippen molar-refractivity contribution in [3.63, 3.8) is 0 Å². The summed E-state index contributed by atoms with van der Waals surface area (Å²) < 4.78 is 15.7. The van der Waals surface area contributed by atoms with Gasteiger partial charge in [-0.2, -0.15) is 5.26 Å². The van der Waals surface area contributed by atoms with Crippen LogP contribution in [0.4, 0.5) is 10.5 Å². The van der Waals surface area contributed by atoms with Crippen LogP contribution < -0.4 is 10.1 Å². The smallest absolute Gasteiger partial charge is 0.411 e. The van der Waals surface area contributed by atoms with Crippen molar-refractivity contribution in [1.29, 1.82) is 5.26 Å². The monoisotopic (exact) mass is 511 g/mol. The minimum Gasteiger partial charge on any atom is -0.493 e. The molecule has 1 amide bonds. The maximum Gasteiger partial charge on any atom is 0.411 e. The van der Waals surface area contributed by atoms with E-state index in [2.05, 4.69) is 38.5 Å². The summed E-state index contributed by atoms with van der Waals surface area (Å²) >= 11 is 0. The third kappa shape index (κ3) is 5.10. The number of nitrogens with zero attached hydrogens (tertiary/aromatic N) is 4. The number of ether oxygens (including phenoxy) is 2. The molecule has 1 aliphatic carbocycles. The zero-order valence-electron chi connectivity index (χ0n) is 22.1. The highest BCUT2D eigenvalue weighted by molar-refractivity contribution is 5.96. The summed E-state index contributed by atoms with van der Waals surface area (Å²) in [7, 11) is 0. The molecule has 2 aromatic carbocycles. The van der Waals surface area contributed by atoms with Gasteiger partial charge in [-0.25, -0.2) is 9.78 Å². The summed E-state index contributed by atoms with van der Waals surface area (Å²) in [6, 6.07) is 16.4. The number of rotatable bonds is 9. The summed E-state index contributed by atoms with van der Waals surface area (Å²) in [4.78, 5) is 16.4. The lowest BCUT2D eigenvalue weighted by atomic mass is 9.92. The van der Waals surface area contributed by atoms with Gasteiger partial charge in [-0.15, -0.1) is 0 Å². The Morgan fingerprint density at radius 2 is 2.00 bits per heavy atom. The maximum absolute atomic E-state index is 12.0. The number of nitrogens with one attached hydrogen (secondary N) is 1. The number of amides is 1. The fourth-order valence-electron chi connectivity index (χ4n) is 4.99. The summed E-state index contributed by atoms with van der Waals surface area (Å²) in [5, 5.41) is 13.9. The minimum absolute atomic E-state index is 0.195. The molecule has 2 aromatic heterocycles. The van der Waals surface area contributed by atoms with Gasteiger partial charge in [-0.05, 0) is 69.9 Å². The van der Waals surface area contributed by atoms with E-state index in [1.54, 1.807) is 0 Å². The topological polar surface area (TPSA) is 94.1 Å². The standard InChI is InChI=1S/C30H33N5O3/c1-4-34-16-15-32-28(34)14-17-37-24-12-13-25-26(19-31)29(35(27(25)18-24)23-6-5-7-23)21-8-10-22(11-9-21)33-30(36)38-20(2)3/h8-13,15-16,18,20,23H,4-7,14,17H2,1-3H3,(H,33,36). The van der Waals surface area contributed by atoms with Crippen molar-refractivity contribution in [3.8, 4) is 23.1 Å². The van der Waals surface area contributed by atoms with Gasteiger partial charge in [0.2, 0.25) is 0 Å². The number of fused-ring (bicyclic) bond motifs is 1. The molecule has 8 nitrogen and oxygen atoms in total. The third-order valence-electron chi connectivity index (χ3n) is 7.01. The molecule has 0 radical (unpaired) electrons. The van der Waals surface area contributed by atoms with Crippen LogP contribution in [0.15, 0.2) is 54.9 Å². The summed E-state index contributed by atoms with van der Waals surface area (Å²) in [5.74, 6) is 1.79. The van der Waals surface area contributed by atoms with Crippen LogP contribution in [0.3, 0.4) is 0 Å². The van der Waals surface area contributed by atoms with Gasteiger partial charge in [0, 0.05) is 48.5 Å². The fraction of sp³-hybridized carbons (Fsp3) is 0.367. The Morgan fingerprint density at radius 3 is 2.66 bits per heavy atom. The maximum atomic E-state index is 12.0. The molecule has 1 aliphatic rings. The van der Waals surface area contributed by atoms with E-state index in [-0.39, 0.29) is 6.10 Å². The van der Waals surface area contributed by atoms with Crippen molar-refractivity contribution in [2.45, 2.75) is 65.1 Å². The Hall–Kier alpha value is -4.25. The minimum atomic E-state index is -0.486. The van der Waals surface area contributed by atoms with Crippen LogP contribution in [0.1, 0.15) is 57.5 Å². The normalized spacial score (nSPS) is 13.3. The van der Waals surface area contributed by atoms with Gasteiger partial charge in [-0.1, -0.05) is 12.1 Å². The highest BCUT2D eigenvalue weighted by Crippen LogP contribution is 2.43. The van der Waals surface area contributed by atoms with E-state index in [1.807, 2.05) is 62.6 Å². The zero-order valence-corrected chi connectivity index (χ0v) is 22.1. The molecule has 8 heteroatoms. The number of aryl methyl sites for hydroxylation is 1. The molecule has 4 aromatic rings. The van der Waals surface area contributed by atoms with Gasteiger partial charge in [0.05, 0.1) is 29.5 Å². The molecule has 1 fully saturated rings. The third-order valence-corrected chi connectivity index (χ3v) is 7.01. The van der Waals surface area contributed by atoms with E-state index >= 15 is 0 Å². The average molecular weight is 512 g/mol. The van der Waals surface area contributed by atoms with Crippen LogP contribution in [0.2, 0.25) is 0 Å². The molecule has 0 spiro atoms. The van der Waals surface area contributed by atoms with E-state index in [0.29, 0.717) is 23.9 Å². The largest absolute Gasteiger partial charge is 0.493 e. The fourth-order valence-corrected chi connectivity index (χ4v) is 4.99. The molecule has 0 atom stereocenters. The summed E-state index contributed by atoms with van der Waals surface area (Å²) in [5.41, 5.74) is 4.15. The molecule has 1 N–H and O–H groups in total. The molecule has 2 heterocycles. The molecule has 0 unspecified atom stereocenters. The number of carbonyl (C=O) groups is 1. The van der Waals surface area contributed by atoms with Gasteiger partial charge < -0.3 is 18.6 Å². The van der Waals surface area contributed by atoms with E-state index in [1.165, 1.54) is 6.42 Å². The Bertz CT molecular complexity index is 1470. The number of nitriles is 1. The number of hydrogen-bond acceptors (Lipinski definition) is 5. The van der Waals surface area contributed by atoms with E-state index in [0.717, 1.165) is 59.5 Å².